The van der Waals surface area contributed by atoms with E-state index in [1.54, 1.807) is 0 Å². The average Bonchev–Trinajstić information content (AvgIpc) is 2.15. The minimum absolute atomic E-state index is 0.403. The van der Waals surface area contributed by atoms with Crippen LogP contribution in [0, 0.1) is 0 Å². The van der Waals surface area contributed by atoms with Crippen LogP contribution in [0.25, 0.3) is 0 Å². The van der Waals surface area contributed by atoms with Crippen LogP contribution in [0.1, 0.15) is 25.5 Å². The third-order valence-electron chi connectivity index (χ3n) is 1.97. The van der Waals surface area contributed by atoms with Gasteiger partial charge in [0, 0.05) is 17.1 Å². The molecule has 2 N–H and O–H groups in total. The lowest BCUT2D eigenvalue weighted by Crippen LogP contribution is -2.27. The molecule has 0 aliphatic heterocycles. The van der Waals surface area contributed by atoms with Crippen LogP contribution in [0.3, 0.4) is 0 Å². The van der Waals surface area contributed by atoms with Crippen molar-refractivity contribution in [2.75, 3.05) is 6.54 Å². The Morgan fingerprint density at radius 3 is 2.36 bits per heavy atom. The maximum absolute atomic E-state index is 9.78. The quantitative estimate of drug-likeness (QED) is 0.869. The highest BCUT2D eigenvalue weighted by Gasteiger charge is 2.06. The van der Waals surface area contributed by atoms with Crippen molar-refractivity contribution in [3.05, 3.63) is 34.3 Å². The Kier molecular flexibility index (Phi) is 4.58. The number of benzene rings is 1. The third-order valence-corrected chi connectivity index (χ3v) is 2.50. The molecule has 2 nitrogen and oxygen atoms in total. The first kappa shape index (κ1) is 11.7. The van der Waals surface area contributed by atoms with Crippen molar-refractivity contribution in [2.45, 2.75) is 26.0 Å². The Bertz CT molecular complexity index is 271. The van der Waals surface area contributed by atoms with E-state index in [0.29, 0.717) is 12.6 Å². The van der Waals surface area contributed by atoms with E-state index >= 15 is 0 Å². The second kappa shape index (κ2) is 5.49. The van der Waals surface area contributed by atoms with E-state index in [-0.39, 0.29) is 0 Å². The molecule has 78 valence electrons. The Hall–Kier alpha value is -0.380. The fraction of sp³-hybridized carbons (Fsp3) is 0.455. The number of hydrogen-bond donors (Lipinski definition) is 2. The van der Waals surface area contributed by atoms with E-state index in [9.17, 15) is 5.11 Å². The molecule has 0 spiro atoms. The standard InChI is InChI=1S/C11H16BrNO/c1-8(2)13-7-11(14)9-3-5-10(12)6-4-9/h3-6,8,11,13-14H,7H2,1-2H3/t11-/m1/s1. The molecule has 0 bridgehead atoms. The van der Waals surface area contributed by atoms with E-state index in [1.165, 1.54) is 0 Å². The smallest absolute Gasteiger partial charge is 0.0914 e. The van der Waals surface area contributed by atoms with Crippen LogP contribution < -0.4 is 5.32 Å². The number of aliphatic hydroxyl groups is 1. The lowest BCUT2D eigenvalue weighted by Gasteiger charge is -2.14. The predicted octanol–water partition coefficient (Wildman–Crippen LogP) is 2.48. The van der Waals surface area contributed by atoms with Crippen LogP contribution in [0.2, 0.25) is 0 Å². The molecule has 0 saturated carbocycles. The Morgan fingerprint density at radius 1 is 1.29 bits per heavy atom. The molecule has 0 radical (unpaired) electrons. The average molecular weight is 258 g/mol. The van der Waals surface area contributed by atoms with Gasteiger partial charge in [-0.05, 0) is 17.7 Å². The zero-order valence-electron chi connectivity index (χ0n) is 8.50. The fourth-order valence-electron chi connectivity index (χ4n) is 1.15. The van der Waals surface area contributed by atoms with Gasteiger partial charge in [-0.1, -0.05) is 41.9 Å². The van der Waals surface area contributed by atoms with Crippen molar-refractivity contribution in [2.24, 2.45) is 0 Å². The van der Waals surface area contributed by atoms with Gasteiger partial charge < -0.3 is 10.4 Å². The lowest BCUT2D eigenvalue weighted by molar-refractivity contribution is 0.171. The third kappa shape index (κ3) is 3.78. The fourth-order valence-corrected chi connectivity index (χ4v) is 1.41. The van der Waals surface area contributed by atoms with Crippen molar-refractivity contribution in [1.29, 1.82) is 0 Å². The summed E-state index contributed by atoms with van der Waals surface area (Å²) in [6.45, 7) is 4.72. The summed E-state index contributed by atoms with van der Waals surface area (Å²) in [6, 6.07) is 8.13. The van der Waals surface area contributed by atoms with Crippen molar-refractivity contribution in [3.8, 4) is 0 Å². The van der Waals surface area contributed by atoms with Gasteiger partial charge in [-0.3, -0.25) is 0 Å². The summed E-state index contributed by atoms with van der Waals surface area (Å²) in [5.74, 6) is 0. The first-order valence-corrected chi connectivity index (χ1v) is 5.56. The van der Waals surface area contributed by atoms with E-state index in [4.69, 9.17) is 0 Å². The summed E-state index contributed by atoms with van der Waals surface area (Å²) in [4.78, 5) is 0. The van der Waals surface area contributed by atoms with E-state index in [2.05, 4.69) is 35.1 Å². The highest BCUT2D eigenvalue weighted by molar-refractivity contribution is 9.10. The van der Waals surface area contributed by atoms with Crippen LogP contribution >= 0.6 is 15.9 Å². The van der Waals surface area contributed by atoms with Gasteiger partial charge in [0.2, 0.25) is 0 Å². The van der Waals surface area contributed by atoms with Crippen LogP contribution in [0.15, 0.2) is 28.7 Å². The van der Waals surface area contributed by atoms with Gasteiger partial charge in [-0.25, -0.2) is 0 Å². The van der Waals surface area contributed by atoms with Gasteiger partial charge in [0.05, 0.1) is 6.10 Å². The highest BCUT2D eigenvalue weighted by Crippen LogP contribution is 2.16. The molecule has 0 unspecified atom stereocenters. The van der Waals surface area contributed by atoms with Crippen molar-refractivity contribution in [3.63, 3.8) is 0 Å². The number of rotatable bonds is 4. The maximum Gasteiger partial charge on any atom is 0.0914 e. The van der Waals surface area contributed by atoms with Crippen molar-refractivity contribution >= 4 is 15.9 Å². The molecule has 1 aromatic rings. The van der Waals surface area contributed by atoms with E-state index in [0.717, 1.165) is 10.0 Å². The number of nitrogens with one attached hydrogen (secondary N) is 1. The zero-order chi connectivity index (χ0) is 10.6. The Labute approximate surface area is 93.5 Å². The minimum Gasteiger partial charge on any atom is -0.387 e. The SMILES string of the molecule is CC(C)NC[C@@H](O)c1ccc(Br)cc1. The second-order valence-corrected chi connectivity index (χ2v) is 4.55. The largest absolute Gasteiger partial charge is 0.387 e. The van der Waals surface area contributed by atoms with Crippen molar-refractivity contribution < 1.29 is 5.11 Å². The Balaban J connectivity index is 2.52. The van der Waals surface area contributed by atoms with Crippen LogP contribution in [-0.2, 0) is 0 Å². The van der Waals surface area contributed by atoms with Crippen LogP contribution in [0.5, 0.6) is 0 Å². The summed E-state index contributed by atoms with van der Waals surface area (Å²) in [7, 11) is 0. The molecule has 0 heterocycles. The van der Waals surface area contributed by atoms with E-state index < -0.39 is 6.10 Å². The molecule has 0 fully saturated rings. The molecule has 0 aliphatic carbocycles. The first-order valence-electron chi connectivity index (χ1n) is 4.76. The summed E-state index contributed by atoms with van der Waals surface area (Å²) in [5, 5.41) is 13.0. The van der Waals surface area contributed by atoms with Gasteiger partial charge in [-0.15, -0.1) is 0 Å². The summed E-state index contributed by atoms with van der Waals surface area (Å²) in [6.07, 6.45) is -0.425. The van der Waals surface area contributed by atoms with Gasteiger partial charge in [0.1, 0.15) is 0 Å². The number of hydrogen-bond acceptors (Lipinski definition) is 2. The maximum atomic E-state index is 9.78. The topological polar surface area (TPSA) is 32.3 Å². The summed E-state index contributed by atoms with van der Waals surface area (Å²) >= 11 is 3.36. The molecule has 14 heavy (non-hydrogen) atoms. The Morgan fingerprint density at radius 2 is 1.86 bits per heavy atom. The van der Waals surface area contributed by atoms with Gasteiger partial charge >= 0.3 is 0 Å². The highest BCUT2D eigenvalue weighted by atomic mass is 79.9. The molecule has 1 rings (SSSR count). The van der Waals surface area contributed by atoms with Crippen LogP contribution in [0.4, 0.5) is 0 Å². The molecule has 0 amide bonds. The molecule has 3 heteroatoms. The first-order chi connectivity index (χ1) is 6.59. The van der Waals surface area contributed by atoms with E-state index in [1.807, 2.05) is 24.3 Å². The minimum atomic E-state index is -0.425. The van der Waals surface area contributed by atoms with Crippen molar-refractivity contribution in [1.82, 2.24) is 5.32 Å². The van der Waals surface area contributed by atoms with Crippen LogP contribution in [-0.4, -0.2) is 17.7 Å². The normalized spacial score (nSPS) is 13.2. The van der Waals surface area contributed by atoms with Gasteiger partial charge in [0.25, 0.3) is 0 Å². The second-order valence-electron chi connectivity index (χ2n) is 3.63. The van der Waals surface area contributed by atoms with Gasteiger partial charge in [-0.2, -0.15) is 0 Å². The molecular formula is C11H16BrNO. The number of halogens is 1. The predicted molar refractivity (Wildman–Crippen MR) is 62.2 cm³/mol. The zero-order valence-corrected chi connectivity index (χ0v) is 10.1. The molecule has 0 aliphatic rings. The lowest BCUT2D eigenvalue weighted by atomic mass is 10.1. The van der Waals surface area contributed by atoms with Gasteiger partial charge in [0.15, 0.2) is 0 Å². The molecule has 0 aromatic heterocycles. The number of aliphatic hydroxyl groups excluding tert-OH is 1. The summed E-state index contributed by atoms with van der Waals surface area (Å²) < 4.78 is 1.03. The molecule has 1 atom stereocenters. The molecule has 0 saturated heterocycles. The molecule has 1 aromatic carbocycles. The monoisotopic (exact) mass is 257 g/mol. The summed E-state index contributed by atoms with van der Waals surface area (Å²) in [5.41, 5.74) is 0.946. The molecular weight excluding hydrogens is 242 g/mol.